The van der Waals surface area contributed by atoms with E-state index in [2.05, 4.69) is 37.2 Å². The predicted molar refractivity (Wildman–Crippen MR) is 96.3 cm³/mol. The summed E-state index contributed by atoms with van der Waals surface area (Å²) in [6, 6.07) is 6.73. The molecular formula is C17H10Br2F3NO2. The molecule has 8 heteroatoms. The molecule has 1 heterocycles. The third kappa shape index (κ3) is 3.46. The number of methoxy groups -OCH3 is 1. The van der Waals surface area contributed by atoms with Crippen molar-refractivity contribution >= 4 is 55.1 Å². The summed E-state index contributed by atoms with van der Waals surface area (Å²) >= 11 is 6.74. The number of halogens is 5. The largest absolute Gasteiger partial charge is 0.495 e. The minimum atomic E-state index is -4.47. The topological polar surface area (TPSA) is 38.3 Å². The highest BCUT2D eigenvalue weighted by molar-refractivity contribution is 9.11. The van der Waals surface area contributed by atoms with E-state index in [-0.39, 0.29) is 11.3 Å². The molecule has 0 aromatic heterocycles. The molecule has 2 aromatic carbocycles. The fraction of sp³-hybridized carbons (Fsp3) is 0.118. The Hall–Kier alpha value is -1.80. The first-order valence-electron chi connectivity index (χ1n) is 6.98. The number of hydrogen-bond acceptors (Lipinski definition) is 2. The van der Waals surface area contributed by atoms with Crippen LogP contribution in [0.25, 0.3) is 11.6 Å². The molecule has 1 amide bonds. The number of anilines is 1. The Morgan fingerprint density at radius 2 is 1.88 bits per heavy atom. The molecule has 25 heavy (non-hydrogen) atoms. The molecule has 0 aliphatic carbocycles. The van der Waals surface area contributed by atoms with Crippen LogP contribution < -0.4 is 10.1 Å². The SMILES string of the molecule is COc1c(Br)cc(Br)cc1/C=C1\C(=O)Nc2cc(C(F)(F)F)ccc21. The van der Waals surface area contributed by atoms with Crippen LogP contribution >= 0.6 is 31.9 Å². The van der Waals surface area contributed by atoms with Gasteiger partial charge >= 0.3 is 6.18 Å². The molecule has 1 aliphatic heterocycles. The van der Waals surface area contributed by atoms with Crippen LogP contribution in [0.15, 0.2) is 39.3 Å². The minimum absolute atomic E-state index is 0.138. The van der Waals surface area contributed by atoms with E-state index < -0.39 is 17.6 Å². The van der Waals surface area contributed by atoms with Gasteiger partial charge in [0, 0.05) is 26.9 Å². The van der Waals surface area contributed by atoms with Gasteiger partial charge in [-0.3, -0.25) is 4.79 Å². The highest BCUT2D eigenvalue weighted by atomic mass is 79.9. The van der Waals surface area contributed by atoms with Gasteiger partial charge in [-0.2, -0.15) is 13.2 Å². The fourth-order valence-corrected chi connectivity index (χ4v) is 3.99. The second-order valence-electron chi connectivity index (χ2n) is 5.28. The van der Waals surface area contributed by atoms with Crippen molar-refractivity contribution in [1.29, 1.82) is 0 Å². The number of alkyl halides is 3. The number of nitrogens with one attached hydrogen (secondary N) is 1. The van der Waals surface area contributed by atoms with Crippen LogP contribution in [0.2, 0.25) is 0 Å². The lowest BCUT2D eigenvalue weighted by Crippen LogP contribution is -2.06. The summed E-state index contributed by atoms with van der Waals surface area (Å²) in [6.07, 6.45) is -2.88. The highest BCUT2D eigenvalue weighted by Gasteiger charge is 2.33. The van der Waals surface area contributed by atoms with Gasteiger partial charge in [0.05, 0.1) is 17.1 Å². The first-order valence-corrected chi connectivity index (χ1v) is 8.57. The van der Waals surface area contributed by atoms with E-state index in [1.807, 2.05) is 0 Å². The smallest absolute Gasteiger partial charge is 0.416 e. The zero-order chi connectivity index (χ0) is 18.4. The maximum atomic E-state index is 12.8. The summed E-state index contributed by atoms with van der Waals surface area (Å²) in [5.74, 6) is 0.0522. The number of ether oxygens (including phenoxy) is 1. The Morgan fingerprint density at radius 3 is 2.52 bits per heavy atom. The molecule has 0 atom stereocenters. The Kier molecular flexibility index (Phi) is 4.68. The average molecular weight is 477 g/mol. The lowest BCUT2D eigenvalue weighted by molar-refractivity contribution is -0.137. The molecule has 2 aromatic rings. The van der Waals surface area contributed by atoms with Crippen molar-refractivity contribution in [3.8, 4) is 5.75 Å². The van der Waals surface area contributed by atoms with Crippen molar-refractivity contribution in [3.63, 3.8) is 0 Å². The predicted octanol–water partition coefficient (Wildman–Crippen LogP) is 5.73. The summed E-state index contributed by atoms with van der Waals surface area (Å²) in [6.45, 7) is 0. The molecule has 0 radical (unpaired) electrons. The Bertz CT molecular complexity index is 907. The van der Waals surface area contributed by atoms with E-state index in [9.17, 15) is 18.0 Å². The van der Waals surface area contributed by atoms with Crippen LogP contribution in [0.4, 0.5) is 18.9 Å². The van der Waals surface area contributed by atoms with Crippen LogP contribution in [0.1, 0.15) is 16.7 Å². The van der Waals surface area contributed by atoms with Crippen molar-refractivity contribution in [2.45, 2.75) is 6.18 Å². The minimum Gasteiger partial charge on any atom is -0.495 e. The Morgan fingerprint density at radius 1 is 1.16 bits per heavy atom. The maximum Gasteiger partial charge on any atom is 0.416 e. The van der Waals surface area contributed by atoms with Crippen molar-refractivity contribution in [3.05, 3.63) is 56.0 Å². The van der Waals surface area contributed by atoms with Gasteiger partial charge in [-0.05, 0) is 46.3 Å². The quantitative estimate of drug-likeness (QED) is 0.562. The van der Waals surface area contributed by atoms with Crippen molar-refractivity contribution < 1.29 is 22.7 Å². The van der Waals surface area contributed by atoms with E-state index in [1.54, 1.807) is 18.2 Å². The molecule has 0 saturated carbocycles. The normalized spacial score (nSPS) is 15.3. The number of carbonyl (C=O) groups excluding carboxylic acids is 1. The van der Waals surface area contributed by atoms with Gasteiger partial charge in [-0.1, -0.05) is 22.0 Å². The third-order valence-electron chi connectivity index (χ3n) is 3.67. The van der Waals surface area contributed by atoms with Crippen molar-refractivity contribution in [2.75, 3.05) is 12.4 Å². The van der Waals surface area contributed by atoms with Gasteiger partial charge in [0.1, 0.15) is 5.75 Å². The number of rotatable bonds is 2. The van der Waals surface area contributed by atoms with Gasteiger partial charge in [0.15, 0.2) is 0 Å². The maximum absolute atomic E-state index is 12.8. The number of carbonyl (C=O) groups is 1. The van der Waals surface area contributed by atoms with Crippen molar-refractivity contribution in [2.24, 2.45) is 0 Å². The summed E-state index contributed by atoms with van der Waals surface area (Å²) < 4.78 is 45.3. The van der Waals surface area contributed by atoms with Crippen LogP contribution in [0, 0.1) is 0 Å². The van der Waals surface area contributed by atoms with E-state index in [1.165, 1.54) is 13.2 Å². The lowest BCUT2D eigenvalue weighted by Gasteiger charge is -2.10. The molecule has 0 fully saturated rings. The molecule has 3 nitrogen and oxygen atoms in total. The zero-order valence-corrected chi connectivity index (χ0v) is 15.8. The zero-order valence-electron chi connectivity index (χ0n) is 12.7. The van der Waals surface area contributed by atoms with Gasteiger partial charge in [-0.25, -0.2) is 0 Å². The third-order valence-corrected chi connectivity index (χ3v) is 4.72. The highest BCUT2D eigenvalue weighted by Crippen LogP contribution is 2.40. The average Bonchev–Trinajstić information content (AvgIpc) is 2.81. The number of hydrogen-bond donors (Lipinski definition) is 1. The van der Waals surface area contributed by atoms with Gasteiger partial charge in [0.2, 0.25) is 0 Å². The molecule has 0 spiro atoms. The molecule has 3 rings (SSSR count). The molecule has 0 bridgehead atoms. The van der Waals surface area contributed by atoms with Crippen LogP contribution in [0.3, 0.4) is 0 Å². The first kappa shape index (κ1) is 18.0. The van der Waals surface area contributed by atoms with Crippen LogP contribution in [0.5, 0.6) is 5.75 Å². The van der Waals surface area contributed by atoms with E-state index in [4.69, 9.17) is 4.74 Å². The van der Waals surface area contributed by atoms with E-state index >= 15 is 0 Å². The number of benzene rings is 2. The Balaban J connectivity index is 2.12. The van der Waals surface area contributed by atoms with Gasteiger partial charge < -0.3 is 10.1 Å². The fourth-order valence-electron chi connectivity index (χ4n) is 2.57. The standard InChI is InChI=1S/C17H10Br2F3NO2/c1-25-15-8(4-10(18)7-13(15)19)5-12-11-3-2-9(17(20,21)22)6-14(11)23-16(12)24/h2-7H,1H3,(H,23,24)/b12-5-. The molecule has 1 aliphatic rings. The van der Waals surface area contributed by atoms with Gasteiger partial charge in [-0.15, -0.1) is 0 Å². The molecule has 0 unspecified atom stereocenters. The summed E-state index contributed by atoms with van der Waals surface area (Å²) in [5.41, 5.74) is 0.625. The monoisotopic (exact) mass is 475 g/mol. The van der Waals surface area contributed by atoms with E-state index in [0.717, 1.165) is 16.6 Å². The lowest BCUT2D eigenvalue weighted by atomic mass is 10.0. The van der Waals surface area contributed by atoms with Crippen LogP contribution in [-0.2, 0) is 11.0 Å². The molecule has 1 N–H and O–H groups in total. The molecule has 130 valence electrons. The number of fused-ring (bicyclic) bond motifs is 1. The first-order chi connectivity index (χ1) is 11.7. The Labute approximate surface area is 158 Å². The molecule has 0 saturated heterocycles. The summed E-state index contributed by atoms with van der Waals surface area (Å²) in [7, 11) is 1.49. The van der Waals surface area contributed by atoms with E-state index in [0.29, 0.717) is 21.3 Å². The van der Waals surface area contributed by atoms with Crippen LogP contribution in [-0.4, -0.2) is 13.0 Å². The van der Waals surface area contributed by atoms with Gasteiger partial charge in [0.25, 0.3) is 5.91 Å². The molecular weight excluding hydrogens is 467 g/mol. The second-order valence-corrected chi connectivity index (χ2v) is 7.05. The summed E-state index contributed by atoms with van der Waals surface area (Å²) in [4.78, 5) is 12.2. The second kappa shape index (κ2) is 6.49. The number of amides is 1. The van der Waals surface area contributed by atoms with Crippen molar-refractivity contribution in [1.82, 2.24) is 0 Å². The summed E-state index contributed by atoms with van der Waals surface area (Å²) in [5, 5.41) is 2.48.